The molecule has 3 amide bonds. The number of carbonyl (C=O) groups is 3. The normalized spacial score (nSPS) is 14.6. The molecule has 14 nitrogen and oxygen atoms in total. The molecular weight excluding hydrogens is 487 g/mol. The Bertz CT molecular complexity index is 1020. The number of amides is 3. The molecule has 1 fully saturated rings. The standard InChI is InChI=1S/C16H18ClFN8O6S/c1-22-3-5-23(6-4-22)24(8-9-19-2-7-33-9)11-10(18)12(21-13(17)20-11)25(14(27)28)26(15(29)30)16(31)32/h2,7H,3-6,8H2,1H3,(H,27,28)(H,29,30)(H,31,32). The van der Waals surface area contributed by atoms with E-state index in [9.17, 15) is 29.7 Å². The van der Waals surface area contributed by atoms with Gasteiger partial charge in [0, 0.05) is 37.8 Å². The van der Waals surface area contributed by atoms with Crippen LogP contribution in [0, 0.1) is 5.82 Å². The van der Waals surface area contributed by atoms with Crippen LogP contribution < -0.4 is 10.0 Å². The van der Waals surface area contributed by atoms with Gasteiger partial charge in [0.2, 0.25) is 16.9 Å². The van der Waals surface area contributed by atoms with Gasteiger partial charge < -0.3 is 20.2 Å². The summed E-state index contributed by atoms with van der Waals surface area (Å²) < 4.78 is 15.7. The lowest BCUT2D eigenvalue weighted by Gasteiger charge is -2.40. The molecule has 2 aromatic heterocycles. The van der Waals surface area contributed by atoms with Crippen molar-refractivity contribution in [3.63, 3.8) is 0 Å². The van der Waals surface area contributed by atoms with E-state index >= 15 is 4.39 Å². The van der Waals surface area contributed by atoms with Gasteiger partial charge in [0.05, 0.1) is 6.54 Å². The summed E-state index contributed by atoms with van der Waals surface area (Å²) in [5, 5.41) is 31.6. The molecule has 0 aromatic carbocycles. The second-order valence-corrected chi connectivity index (χ2v) is 7.98. The maximum atomic E-state index is 15.7. The van der Waals surface area contributed by atoms with Crippen LogP contribution in [0.15, 0.2) is 11.6 Å². The number of hydrogen-bond donors (Lipinski definition) is 3. The summed E-state index contributed by atoms with van der Waals surface area (Å²) in [4.78, 5) is 48.1. The second kappa shape index (κ2) is 10.1. The molecule has 3 heterocycles. The minimum absolute atomic E-state index is 0.0414. The number of hydrazine groups is 2. The van der Waals surface area contributed by atoms with Gasteiger partial charge in [-0.15, -0.1) is 21.4 Å². The first-order chi connectivity index (χ1) is 15.6. The number of hydrogen-bond acceptors (Lipinski definition) is 10. The first kappa shape index (κ1) is 24.3. The van der Waals surface area contributed by atoms with Crippen molar-refractivity contribution in [3.8, 4) is 0 Å². The molecule has 0 atom stereocenters. The molecule has 0 spiro atoms. The van der Waals surface area contributed by atoms with Gasteiger partial charge in [0.15, 0.2) is 5.82 Å². The predicted octanol–water partition coefficient (Wildman–Crippen LogP) is 1.95. The fourth-order valence-corrected chi connectivity index (χ4v) is 3.80. The van der Waals surface area contributed by atoms with Crippen molar-refractivity contribution in [1.82, 2.24) is 29.9 Å². The fourth-order valence-electron chi connectivity index (χ4n) is 3.04. The molecule has 2 aromatic rings. The summed E-state index contributed by atoms with van der Waals surface area (Å²) in [5.74, 6) is -3.02. The van der Waals surface area contributed by atoms with Crippen molar-refractivity contribution in [2.75, 3.05) is 43.2 Å². The smallest absolute Gasteiger partial charge is 0.437 e. The van der Waals surface area contributed by atoms with Crippen molar-refractivity contribution < 1.29 is 34.1 Å². The molecule has 1 aliphatic rings. The Morgan fingerprint density at radius 3 is 2.21 bits per heavy atom. The van der Waals surface area contributed by atoms with Gasteiger partial charge in [-0.3, -0.25) is 5.01 Å². The van der Waals surface area contributed by atoms with Crippen LogP contribution in [0.3, 0.4) is 0 Å². The van der Waals surface area contributed by atoms with Crippen molar-refractivity contribution in [3.05, 3.63) is 27.7 Å². The number of thiazole rings is 1. The van der Waals surface area contributed by atoms with Crippen molar-refractivity contribution in [2.24, 2.45) is 0 Å². The number of halogens is 2. The van der Waals surface area contributed by atoms with Crippen LogP contribution in [0.1, 0.15) is 5.01 Å². The van der Waals surface area contributed by atoms with Crippen LogP contribution in [0.25, 0.3) is 0 Å². The number of imide groups is 1. The van der Waals surface area contributed by atoms with Gasteiger partial charge in [-0.25, -0.2) is 24.4 Å². The number of rotatable bonds is 5. The van der Waals surface area contributed by atoms with Crippen molar-refractivity contribution in [1.29, 1.82) is 0 Å². The maximum Gasteiger partial charge on any atom is 0.437 e. The van der Waals surface area contributed by atoms with Crippen LogP contribution >= 0.6 is 22.9 Å². The van der Waals surface area contributed by atoms with Crippen molar-refractivity contribution >= 4 is 52.9 Å². The Hall–Kier alpha value is -3.34. The van der Waals surface area contributed by atoms with Gasteiger partial charge in [-0.05, 0) is 18.6 Å². The topological polar surface area (TPSA) is 167 Å². The molecule has 0 aliphatic carbocycles. The average Bonchev–Trinajstić information content (AvgIpc) is 3.25. The molecule has 0 radical (unpaired) electrons. The number of nitrogens with zero attached hydrogens (tertiary/aromatic N) is 8. The number of carboxylic acid groups (broad SMARTS) is 3. The first-order valence-corrected chi connectivity index (χ1v) is 10.5. The van der Waals surface area contributed by atoms with Crippen LogP contribution in [0.5, 0.6) is 0 Å². The Balaban J connectivity index is 2.12. The molecule has 3 rings (SSSR count). The number of aromatic nitrogens is 3. The highest BCUT2D eigenvalue weighted by molar-refractivity contribution is 7.09. The zero-order valence-corrected chi connectivity index (χ0v) is 18.6. The summed E-state index contributed by atoms with van der Waals surface area (Å²) in [7, 11) is 1.92. The van der Waals surface area contributed by atoms with E-state index in [0.29, 0.717) is 31.2 Å². The van der Waals surface area contributed by atoms with Gasteiger partial charge in [-0.1, -0.05) is 0 Å². The highest BCUT2D eigenvalue weighted by Crippen LogP contribution is 2.31. The average molecular weight is 505 g/mol. The van der Waals surface area contributed by atoms with E-state index in [1.165, 1.54) is 16.3 Å². The second-order valence-electron chi connectivity index (χ2n) is 6.67. The van der Waals surface area contributed by atoms with Crippen LogP contribution in [0.4, 0.5) is 30.4 Å². The molecule has 178 valence electrons. The number of piperazine rings is 1. The molecule has 0 unspecified atom stereocenters. The van der Waals surface area contributed by atoms with Gasteiger partial charge in [0.25, 0.3) is 0 Å². The van der Waals surface area contributed by atoms with E-state index in [1.54, 1.807) is 16.6 Å². The Kier molecular flexibility index (Phi) is 7.42. The maximum absolute atomic E-state index is 15.7. The van der Waals surface area contributed by atoms with Crippen LogP contribution in [0.2, 0.25) is 5.28 Å². The summed E-state index contributed by atoms with van der Waals surface area (Å²) in [5.41, 5.74) is 0. The zero-order chi connectivity index (χ0) is 24.3. The summed E-state index contributed by atoms with van der Waals surface area (Å²) in [6.45, 7) is 2.22. The summed E-state index contributed by atoms with van der Waals surface area (Å²) in [6.07, 6.45) is -4.95. The molecule has 17 heteroatoms. The highest BCUT2D eigenvalue weighted by atomic mass is 35.5. The lowest BCUT2D eigenvalue weighted by atomic mass is 10.3. The molecule has 0 bridgehead atoms. The Morgan fingerprint density at radius 2 is 1.70 bits per heavy atom. The van der Waals surface area contributed by atoms with E-state index in [2.05, 4.69) is 19.9 Å². The zero-order valence-electron chi connectivity index (χ0n) is 17.0. The summed E-state index contributed by atoms with van der Waals surface area (Å²) >= 11 is 7.23. The third-order valence-electron chi connectivity index (χ3n) is 4.57. The summed E-state index contributed by atoms with van der Waals surface area (Å²) in [6, 6.07) is 0. The SMILES string of the molecule is CN1CCN(N(Cc2nccs2)c2nc(Cl)nc(N(C(=O)O)N(C(=O)O)C(=O)O)c2F)CC1. The first-order valence-electron chi connectivity index (χ1n) is 9.21. The molecule has 1 aliphatic heterocycles. The Labute approximate surface area is 194 Å². The lowest BCUT2D eigenvalue weighted by molar-refractivity contribution is 0.112. The third kappa shape index (κ3) is 5.36. The van der Waals surface area contributed by atoms with E-state index in [-0.39, 0.29) is 11.6 Å². The fraction of sp³-hybridized carbons (Fsp3) is 0.375. The van der Waals surface area contributed by atoms with Crippen molar-refractivity contribution in [2.45, 2.75) is 6.54 Å². The third-order valence-corrected chi connectivity index (χ3v) is 5.50. The quantitative estimate of drug-likeness (QED) is 0.400. The van der Waals surface area contributed by atoms with E-state index in [1.807, 2.05) is 7.05 Å². The highest BCUT2D eigenvalue weighted by Gasteiger charge is 2.38. The monoisotopic (exact) mass is 504 g/mol. The largest absolute Gasteiger partial charge is 0.463 e. The number of anilines is 2. The van der Waals surface area contributed by atoms with Gasteiger partial charge in [0.1, 0.15) is 5.01 Å². The lowest BCUT2D eigenvalue weighted by Crippen LogP contribution is -2.54. The minimum Gasteiger partial charge on any atom is -0.463 e. The van der Waals surface area contributed by atoms with Gasteiger partial charge >= 0.3 is 18.3 Å². The van der Waals surface area contributed by atoms with E-state index in [0.717, 1.165) is 0 Å². The van der Waals surface area contributed by atoms with Crippen LogP contribution in [-0.2, 0) is 6.54 Å². The molecule has 0 saturated carbocycles. The van der Waals surface area contributed by atoms with E-state index < -0.39 is 46.0 Å². The number of likely N-dealkylation sites (N-methyl/N-ethyl adjacent to an activating group) is 1. The molecule has 1 saturated heterocycles. The van der Waals surface area contributed by atoms with Crippen LogP contribution in [-0.4, -0.2) is 96.7 Å². The molecule has 3 N–H and O–H groups in total. The Morgan fingerprint density at radius 1 is 1.09 bits per heavy atom. The molecular formula is C16H18ClFN8O6S. The van der Waals surface area contributed by atoms with Gasteiger partial charge in [-0.2, -0.15) is 14.4 Å². The minimum atomic E-state index is -2.20. The molecule has 33 heavy (non-hydrogen) atoms. The predicted molar refractivity (Wildman–Crippen MR) is 113 cm³/mol. The van der Waals surface area contributed by atoms with E-state index in [4.69, 9.17) is 11.6 Å².